The van der Waals surface area contributed by atoms with E-state index in [1.807, 2.05) is 0 Å². The average molecular weight is 457 g/mol. The molecule has 0 saturated heterocycles. The van der Waals surface area contributed by atoms with Gasteiger partial charge in [0.05, 0.1) is 35.3 Å². The number of carbonyl (C=O) groups excluding carboxylic acids is 1. The zero-order valence-electron chi connectivity index (χ0n) is 16.0. The summed E-state index contributed by atoms with van der Waals surface area (Å²) in [7, 11) is 1.45. The molecule has 2 aromatic heterocycles. The average Bonchev–Trinajstić information content (AvgIpc) is 3.31. The second-order valence-corrected chi connectivity index (χ2v) is 7.00. The SMILES string of the molecule is COc1cc(-n2cnnn2)c(Cl)cc1C(=O)Nc1ccc(Oc2ccc(Cl)cc2)nc1. The van der Waals surface area contributed by atoms with E-state index in [9.17, 15) is 4.79 Å². The largest absolute Gasteiger partial charge is 0.496 e. The van der Waals surface area contributed by atoms with Crippen LogP contribution >= 0.6 is 23.2 Å². The number of rotatable bonds is 6. The summed E-state index contributed by atoms with van der Waals surface area (Å²) in [6.45, 7) is 0. The van der Waals surface area contributed by atoms with Crippen molar-refractivity contribution in [2.75, 3.05) is 12.4 Å². The number of nitrogens with zero attached hydrogens (tertiary/aromatic N) is 5. The van der Waals surface area contributed by atoms with Gasteiger partial charge in [-0.25, -0.2) is 4.98 Å². The van der Waals surface area contributed by atoms with Crippen LogP contribution in [-0.4, -0.2) is 38.2 Å². The Bertz CT molecular complexity index is 1200. The lowest BCUT2D eigenvalue weighted by atomic mass is 10.1. The summed E-state index contributed by atoms with van der Waals surface area (Å²) in [5.41, 5.74) is 1.19. The summed E-state index contributed by atoms with van der Waals surface area (Å²) in [6.07, 6.45) is 2.87. The molecule has 31 heavy (non-hydrogen) atoms. The highest BCUT2D eigenvalue weighted by Crippen LogP contribution is 2.30. The Morgan fingerprint density at radius 3 is 2.55 bits per heavy atom. The van der Waals surface area contributed by atoms with Crippen LogP contribution in [0.15, 0.2) is 61.1 Å². The predicted molar refractivity (Wildman–Crippen MR) is 114 cm³/mol. The molecular weight excluding hydrogens is 443 g/mol. The van der Waals surface area contributed by atoms with E-state index in [4.69, 9.17) is 32.7 Å². The summed E-state index contributed by atoms with van der Waals surface area (Å²) >= 11 is 12.2. The van der Waals surface area contributed by atoms with Gasteiger partial charge in [0, 0.05) is 17.2 Å². The number of halogens is 2. The van der Waals surface area contributed by atoms with Crippen molar-refractivity contribution in [3.8, 4) is 23.1 Å². The van der Waals surface area contributed by atoms with E-state index in [0.29, 0.717) is 33.8 Å². The van der Waals surface area contributed by atoms with Crippen molar-refractivity contribution >= 4 is 34.8 Å². The second-order valence-electron chi connectivity index (χ2n) is 6.15. The molecule has 1 amide bonds. The molecule has 0 spiro atoms. The summed E-state index contributed by atoms with van der Waals surface area (Å²) < 4.78 is 12.4. The van der Waals surface area contributed by atoms with Crippen LogP contribution in [0.2, 0.25) is 10.0 Å². The Morgan fingerprint density at radius 1 is 1.10 bits per heavy atom. The lowest BCUT2D eigenvalue weighted by molar-refractivity contribution is 0.102. The Morgan fingerprint density at radius 2 is 1.90 bits per heavy atom. The number of carbonyl (C=O) groups is 1. The number of anilines is 1. The van der Waals surface area contributed by atoms with Crippen molar-refractivity contribution in [3.05, 3.63) is 76.7 Å². The van der Waals surface area contributed by atoms with Gasteiger partial charge in [-0.15, -0.1) is 5.10 Å². The number of tetrazole rings is 1. The van der Waals surface area contributed by atoms with Crippen molar-refractivity contribution in [1.82, 2.24) is 25.2 Å². The number of nitrogens with one attached hydrogen (secondary N) is 1. The van der Waals surface area contributed by atoms with Crippen molar-refractivity contribution in [3.63, 3.8) is 0 Å². The van der Waals surface area contributed by atoms with Gasteiger partial charge < -0.3 is 14.8 Å². The number of ether oxygens (including phenoxy) is 2. The summed E-state index contributed by atoms with van der Waals surface area (Å²) in [6, 6.07) is 13.3. The maximum Gasteiger partial charge on any atom is 0.259 e. The Kier molecular flexibility index (Phi) is 5.96. The van der Waals surface area contributed by atoms with Crippen molar-refractivity contribution in [2.24, 2.45) is 0 Å². The van der Waals surface area contributed by atoms with Crippen LogP contribution in [0.3, 0.4) is 0 Å². The normalized spacial score (nSPS) is 10.5. The molecule has 0 saturated carbocycles. The standard InChI is InChI=1S/C20H14Cl2N6O3/c1-30-18-9-17(28-11-24-26-27-28)16(22)8-15(18)20(29)25-13-4-7-19(23-10-13)31-14-5-2-12(21)3-6-14/h2-11H,1H3,(H,25,29). The van der Waals surface area contributed by atoms with Gasteiger partial charge in [-0.1, -0.05) is 23.2 Å². The van der Waals surface area contributed by atoms with E-state index >= 15 is 0 Å². The molecule has 156 valence electrons. The molecule has 4 rings (SSSR count). The first-order valence-electron chi connectivity index (χ1n) is 8.85. The molecular formula is C20H14Cl2N6O3. The van der Waals surface area contributed by atoms with Gasteiger partial charge in [-0.3, -0.25) is 4.79 Å². The first kappa shape index (κ1) is 20.6. The van der Waals surface area contributed by atoms with E-state index in [2.05, 4.69) is 25.8 Å². The third kappa shape index (κ3) is 4.73. The highest BCUT2D eigenvalue weighted by atomic mass is 35.5. The molecule has 2 aromatic carbocycles. The Hall–Kier alpha value is -3.69. The van der Waals surface area contributed by atoms with Gasteiger partial charge in [0.25, 0.3) is 5.91 Å². The summed E-state index contributed by atoms with van der Waals surface area (Å²) in [5, 5.41) is 14.6. The monoisotopic (exact) mass is 456 g/mol. The van der Waals surface area contributed by atoms with Gasteiger partial charge in [0.15, 0.2) is 0 Å². The molecule has 0 aliphatic carbocycles. The fraction of sp³-hybridized carbons (Fsp3) is 0.0500. The van der Waals surface area contributed by atoms with Crippen molar-refractivity contribution < 1.29 is 14.3 Å². The smallest absolute Gasteiger partial charge is 0.259 e. The van der Waals surface area contributed by atoms with Crippen LogP contribution < -0.4 is 14.8 Å². The van der Waals surface area contributed by atoms with E-state index in [1.165, 1.54) is 30.4 Å². The summed E-state index contributed by atoms with van der Waals surface area (Å²) in [4.78, 5) is 17.0. The van der Waals surface area contributed by atoms with Crippen LogP contribution in [0.4, 0.5) is 5.69 Å². The zero-order valence-corrected chi connectivity index (χ0v) is 17.5. The minimum Gasteiger partial charge on any atom is -0.496 e. The molecule has 2 heterocycles. The molecule has 0 unspecified atom stereocenters. The number of pyridine rings is 1. The molecule has 0 aliphatic heterocycles. The third-order valence-electron chi connectivity index (χ3n) is 4.14. The molecule has 4 aromatic rings. The maximum absolute atomic E-state index is 12.8. The lowest BCUT2D eigenvalue weighted by Crippen LogP contribution is -2.14. The number of hydrogen-bond donors (Lipinski definition) is 1. The minimum atomic E-state index is -0.421. The number of amides is 1. The van der Waals surface area contributed by atoms with Crippen molar-refractivity contribution in [1.29, 1.82) is 0 Å². The van der Waals surface area contributed by atoms with Crippen LogP contribution in [0.1, 0.15) is 10.4 Å². The first-order chi connectivity index (χ1) is 15.0. The zero-order chi connectivity index (χ0) is 21.8. The Balaban J connectivity index is 1.50. The molecule has 1 N–H and O–H groups in total. The number of hydrogen-bond acceptors (Lipinski definition) is 7. The molecule has 0 fully saturated rings. The summed E-state index contributed by atoms with van der Waals surface area (Å²) in [5.74, 6) is 0.848. The van der Waals surface area contributed by atoms with E-state index in [-0.39, 0.29) is 10.6 Å². The topological polar surface area (TPSA) is 104 Å². The molecule has 0 radical (unpaired) electrons. The van der Waals surface area contributed by atoms with Crippen LogP contribution in [0.25, 0.3) is 5.69 Å². The minimum absolute atomic E-state index is 0.241. The first-order valence-corrected chi connectivity index (χ1v) is 9.61. The van der Waals surface area contributed by atoms with E-state index < -0.39 is 5.91 Å². The van der Waals surface area contributed by atoms with Gasteiger partial charge in [-0.2, -0.15) is 4.68 Å². The van der Waals surface area contributed by atoms with Gasteiger partial charge in [-0.05, 0) is 46.8 Å². The quantitative estimate of drug-likeness (QED) is 0.457. The van der Waals surface area contributed by atoms with Crippen molar-refractivity contribution in [2.45, 2.75) is 0 Å². The van der Waals surface area contributed by atoms with E-state index in [1.54, 1.807) is 42.5 Å². The third-order valence-corrected chi connectivity index (χ3v) is 4.69. The highest BCUT2D eigenvalue weighted by molar-refractivity contribution is 6.33. The van der Waals surface area contributed by atoms with Crippen LogP contribution in [0, 0.1) is 0 Å². The molecule has 0 atom stereocenters. The number of aromatic nitrogens is 5. The van der Waals surface area contributed by atoms with Crippen LogP contribution in [0.5, 0.6) is 17.4 Å². The maximum atomic E-state index is 12.8. The second kappa shape index (κ2) is 8.99. The highest BCUT2D eigenvalue weighted by Gasteiger charge is 2.18. The van der Waals surface area contributed by atoms with Crippen LogP contribution in [-0.2, 0) is 0 Å². The van der Waals surface area contributed by atoms with Gasteiger partial charge in [0.2, 0.25) is 5.88 Å². The Labute approximate surface area is 186 Å². The lowest BCUT2D eigenvalue weighted by Gasteiger charge is -2.12. The molecule has 9 nitrogen and oxygen atoms in total. The van der Waals surface area contributed by atoms with E-state index in [0.717, 1.165) is 0 Å². The molecule has 0 aliphatic rings. The molecule has 11 heteroatoms. The number of benzene rings is 2. The molecule has 0 bridgehead atoms. The fourth-order valence-corrected chi connectivity index (χ4v) is 3.05. The fourth-order valence-electron chi connectivity index (χ4n) is 2.67. The number of methoxy groups -OCH3 is 1. The van der Waals surface area contributed by atoms with Gasteiger partial charge in [0.1, 0.15) is 17.8 Å². The van der Waals surface area contributed by atoms with Gasteiger partial charge >= 0.3 is 0 Å². The predicted octanol–water partition coefficient (Wildman–Crippen LogP) is 4.42.